The van der Waals surface area contributed by atoms with Gasteiger partial charge in [-0.1, -0.05) is 30.3 Å². The summed E-state index contributed by atoms with van der Waals surface area (Å²) in [5.41, 5.74) is 5.64. The Morgan fingerprint density at radius 1 is 0.905 bits per heavy atom. The third-order valence-corrected chi connectivity index (χ3v) is 3.11. The number of hydrazine groups is 1. The predicted molar refractivity (Wildman–Crippen MR) is 80.4 cm³/mol. The fraction of sp³-hybridized carbons (Fsp3) is 0.133. The normalized spacial score (nSPS) is 13.7. The van der Waals surface area contributed by atoms with Crippen LogP contribution in [0.1, 0.15) is 6.42 Å². The molecule has 1 aliphatic heterocycles. The van der Waals surface area contributed by atoms with Gasteiger partial charge >= 0.3 is 0 Å². The Hall–Kier alpha value is -2.89. The molecular weight excluding hydrogens is 266 g/mol. The highest BCUT2D eigenvalue weighted by Gasteiger charge is 2.17. The number of hydrogen-bond acceptors (Lipinski definition) is 4. The Balaban J connectivity index is 0.000000131. The summed E-state index contributed by atoms with van der Waals surface area (Å²) >= 11 is 0. The van der Waals surface area contributed by atoms with E-state index in [0.717, 1.165) is 23.3 Å². The number of aromatic amines is 1. The van der Waals surface area contributed by atoms with Gasteiger partial charge in [0.25, 0.3) is 0 Å². The highest BCUT2D eigenvalue weighted by molar-refractivity contribution is 5.81. The Morgan fingerprint density at radius 3 is 2.10 bits per heavy atom. The number of amides is 1. The summed E-state index contributed by atoms with van der Waals surface area (Å²) in [6, 6.07) is 17.5. The molecule has 1 aliphatic rings. The first-order chi connectivity index (χ1) is 10.3. The van der Waals surface area contributed by atoms with Crippen molar-refractivity contribution >= 4 is 22.6 Å². The third kappa shape index (κ3) is 3.17. The molecule has 0 radical (unpaired) electrons. The van der Waals surface area contributed by atoms with Crippen molar-refractivity contribution in [1.29, 1.82) is 0 Å². The maximum atomic E-state index is 10.9. The lowest BCUT2D eigenvalue weighted by Gasteiger charge is -2.16. The topological polar surface area (TPSA) is 73.9 Å². The van der Waals surface area contributed by atoms with Gasteiger partial charge in [0.1, 0.15) is 11.0 Å². The number of benzene rings is 2. The van der Waals surface area contributed by atoms with Crippen LogP contribution in [0, 0.1) is 0 Å². The molecule has 0 spiro atoms. The first-order valence-electron chi connectivity index (χ1n) is 6.70. The molecule has 2 aromatic carbocycles. The standard InChI is InChI=1S/C9H10N2O.C6H5N3/c12-9-6-7-11(10-9)8-4-2-1-3-5-8;1-2-4-6-5(3-1)7-9-8-6/h1-5H,6-7H2,(H,10,12);1-4H,(H,7,8,9). The van der Waals surface area contributed by atoms with Crippen molar-refractivity contribution in [3.63, 3.8) is 0 Å². The van der Waals surface area contributed by atoms with Crippen LogP contribution in [0.4, 0.5) is 5.69 Å². The molecule has 6 nitrogen and oxygen atoms in total. The summed E-state index contributed by atoms with van der Waals surface area (Å²) in [6.45, 7) is 0.767. The zero-order chi connectivity index (χ0) is 14.5. The van der Waals surface area contributed by atoms with E-state index in [1.54, 1.807) is 0 Å². The van der Waals surface area contributed by atoms with E-state index < -0.39 is 0 Å². The number of nitrogens with one attached hydrogen (secondary N) is 2. The Morgan fingerprint density at radius 2 is 1.52 bits per heavy atom. The van der Waals surface area contributed by atoms with Gasteiger partial charge in [-0.15, -0.1) is 0 Å². The third-order valence-electron chi connectivity index (χ3n) is 3.11. The molecule has 1 aromatic heterocycles. The number of aromatic nitrogens is 3. The maximum absolute atomic E-state index is 10.9. The molecule has 0 bridgehead atoms. The molecule has 0 atom stereocenters. The Bertz CT molecular complexity index is 695. The van der Waals surface area contributed by atoms with Crippen molar-refractivity contribution in [2.75, 3.05) is 11.6 Å². The number of rotatable bonds is 1. The van der Waals surface area contributed by atoms with Crippen LogP contribution in [0.25, 0.3) is 11.0 Å². The summed E-state index contributed by atoms with van der Waals surface area (Å²) in [4.78, 5) is 10.9. The van der Waals surface area contributed by atoms with Gasteiger partial charge < -0.3 is 0 Å². The van der Waals surface area contributed by atoms with Crippen molar-refractivity contribution in [2.24, 2.45) is 0 Å². The number of fused-ring (bicyclic) bond motifs is 1. The summed E-state index contributed by atoms with van der Waals surface area (Å²) < 4.78 is 0. The Kier molecular flexibility index (Phi) is 3.77. The highest BCUT2D eigenvalue weighted by atomic mass is 16.2. The predicted octanol–water partition coefficient (Wildman–Crippen LogP) is 1.89. The molecule has 6 heteroatoms. The van der Waals surface area contributed by atoms with Gasteiger partial charge in [0, 0.05) is 13.0 Å². The van der Waals surface area contributed by atoms with Crippen LogP contribution >= 0.6 is 0 Å². The zero-order valence-corrected chi connectivity index (χ0v) is 11.4. The van der Waals surface area contributed by atoms with E-state index in [-0.39, 0.29) is 5.91 Å². The van der Waals surface area contributed by atoms with Crippen molar-refractivity contribution in [1.82, 2.24) is 20.8 Å². The molecule has 106 valence electrons. The fourth-order valence-electron chi connectivity index (χ4n) is 2.06. The fourth-order valence-corrected chi connectivity index (χ4v) is 2.06. The average Bonchev–Trinajstić information content (AvgIpc) is 3.17. The smallest absolute Gasteiger partial charge is 0.240 e. The second-order valence-electron chi connectivity index (χ2n) is 4.58. The van der Waals surface area contributed by atoms with Crippen molar-refractivity contribution < 1.29 is 4.79 Å². The number of hydrogen-bond donors (Lipinski definition) is 2. The van der Waals surface area contributed by atoms with Crippen LogP contribution in [0.5, 0.6) is 0 Å². The monoisotopic (exact) mass is 281 g/mol. The molecule has 21 heavy (non-hydrogen) atoms. The number of nitrogens with zero attached hydrogens (tertiary/aromatic N) is 3. The summed E-state index contributed by atoms with van der Waals surface area (Å²) in [5.74, 6) is 0.0962. The van der Waals surface area contributed by atoms with Crippen LogP contribution < -0.4 is 10.4 Å². The number of carbonyl (C=O) groups is 1. The van der Waals surface area contributed by atoms with Gasteiger partial charge in [0.15, 0.2) is 0 Å². The molecule has 0 unspecified atom stereocenters. The van der Waals surface area contributed by atoms with Gasteiger partial charge in [0.2, 0.25) is 5.91 Å². The minimum atomic E-state index is 0.0962. The van der Waals surface area contributed by atoms with Crippen LogP contribution in [-0.4, -0.2) is 27.9 Å². The number of H-pyrrole nitrogens is 1. The van der Waals surface area contributed by atoms with E-state index in [1.807, 2.05) is 59.6 Å². The van der Waals surface area contributed by atoms with Gasteiger partial charge in [0.05, 0.1) is 5.69 Å². The molecule has 2 heterocycles. The van der Waals surface area contributed by atoms with E-state index in [2.05, 4.69) is 20.8 Å². The van der Waals surface area contributed by atoms with Gasteiger partial charge in [-0.25, -0.2) is 0 Å². The highest BCUT2D eigenvalue weighted by Crippen LogP contribution is 2.13. The van der Waals surface area contributed by atoms with E-state index in [9.17, 15) is 4.79 Å². The molecule has 2 N–H and O–H groups in total. The number of anilines is 1. The van der Waals surface area contributed by atoms with E-state index in [4.69, 9.17) is 0 Å². The van der Waals surface area contributed by atoms with E-state index in [0.29, 0.717) is 6.42 Å². The molecule has 4 rings (SSSR count). The van der Waals surface area contributed by atoms with Crippen LogP contribution in [0.3, 0.4) is 0 Å². The van der Waals surface area contributed by atoms with Crippen LogP contribution in [0.2, 0.25) is 0 Å². The molecule has 3 aromatic rings. The van der Waals surface area contributed by atoms with Gasteiger partial charge in [-0.2, -0.15) is 15.4 Å². The first kappa shape index (κ1) is 13.1. The van der Waals surface area contributed by atoms with E-state index >= 15 is 0 Å². The van der Waals surface area contributed by atoms with Crippen molar-refractivity contribution in [2.45, 2.75) is 6.42 Å². The minimum Gasteiger partial charge on any atom is -0.285 e. The number of para-hydroxylation sites is 3. The largest absolute Gasteiger partial charge is 0.285 e. The summed E-state index contributed by atoms with van der Waals surface area (Å²) in [5, 5.41) is 12.2. The van der Waals surface area contributed by atoms with Crippen LogP contribution in [0.15, 0.2) is 54.6 Å². The number of carbonyl (C=O) groups excluding carboxylic acids is 1. The van der Waals surface area contributed by atoms with Crippen molar-refractivity contribution in [3.05, 3.63) is 54.6 Å². The van der Waals surface area contributed by atoms with Gasteiger partial charge in [-0.05, 0) is 24.3 Å². The Labute approximate surface area is 121 Å². The average molecular weight is 281 g/mol. The lowest BCUT2D eigenvalue weighted by molar-refractivity contribution is -0.119. The molecular formula is C15H15N5O. The molecule has 1 amide bonds. The van der Waals surface area contributed by atoms with Crippen molar-refractivity contribution in [3.8, 4) is 0 Å². The van der Waals surface area contributed by atoms with E-state index in [1.165, 1.54) is 0 Å². The van der Waals surface area contributed by atoms with Gasteiger partial charge in [-0.3, -0.25) is 15.2 Å². The quantitative estimate of drug-likeness (QED) is 0.714. The second kappa shape index (κ2) is 6.04. The first-order valence-corrected chi connectivity index (χ1v) is 6.70. The molecule has 1 fully saturated rings. The molecule has 1 saturated heterocycles. The minimum absolute atomic E-state index is 0.0962. The van der Waals surface area contributed by atoms with Crippen LogP contribution in [-0.2, 0) is 4.79 Å². The second-order valence-corrected chi connectivity index (χ2v) is 4.58. The molecule has 0 aliphatic carbocycles. The SMILES string of the molecule is O=C1CCN(c2ccccc2)N1.c1ccc2n[nH]nc2c1. The molecule has 0 saturated carbocycles. The lowest BCUT2D eigenvalue weighted by Crippen LogP contribution is -2.32. The summed E-state index contributed by atoms with van der Waals surface area (Å²) in [7, 11) is 0. The summed E-state index contributed by atoms with van der Waals surface area (Å²) in [6.07, 6.45) is 0.592. The lowest BCUT2D eigenvalue weighted by atomic mass is 10.3. The maximum Gasteiger partial charge on any atom is 0.240 e. The zero-order valence-electron chi connectivity index (χ0n) is 11.4.